The molecule has 0 saturated carbocycles. The summed E-state index contributed by atoms with van der Waals surface area (Å²) in [6.07, 6.45) is -7.28. The summed E-state index contributed by atoms with van der Waals surface area (Å²) in [6.45, 7) is 3.67. The summed E-state index contributed by atoms with van der Waals surface area (Å²) >= 11 is 0. The number of esters is 4. The van der Waals surface area contributed by atoms with Crippen LogP contribution in [0.1, 0.15) is 39.7 Å². The van der Waals surface area contributed by atoms with Gasteiger partial charge in [-0.1, -0.05) is 30.3 Å². The molecule has 17 nitrogen and oxygen atoms in total. The van der Waals surface area contributed by atoms with Crippen molar-refractivity contribution in [3.63, 3.8) is 0 Å². The van der Waals surface area contributed by atoms with Crippen LogP contribution in [-0.4, -0.2) is 105 Å². The van der Waals surface area contributed by atoms with Crippen LogP contribution in [0.3, 0.4) is 0 Å². The predicted molar refractivity (Wildman–Crippen MR) is 153 cm³/mol. The number of hydrogen-bond acceptors (Lipinski definition) is 14. The highest BCUT2D eigenvalue weighted by Gasteiger charge is 2.51. The number of benzene rings is 1. The monoisotopic (exact) mass is 653 g/mol. The Morgan fingerprint density at radius 1 is 0.804 bits per heavy atom. The summed E-state index contributed by atoms with van der Waals surface area (Å²) in [5.41, 5.74) is 0.672. The number of carbonyl (C=O) groups is 7. The van der Waals surface area contributed by atoms with Crippen LogP contribution in [0.5, 0.6) is 0 Å². The van der Waals surface area contributed by atoms with Crippen molar-refractivity contribution in [2.24, 2.45) is 0 Å². The van der Waals surface area contributed by atoms with E-state index >= 15 is 0 Å². The van der Waals surface area contributed by atoms with Gasteiger partial charge in [-0.2, -0.15) is 0 Å². The van der Waals surface area contributed by atoms with E-state index in [1.165, 1.54) is 7.11 Å². The first kappa shape index (κ1) is 37.4. The molecule has 2 rings (SSSR count). The molecule has 0 radical (unpaired) electrons. The van der Waals surface area contributed by atoms with Crippen LogP contribution in [0.15, 0.2) is 30.3 Å². The molecule has 0 aliphatic carbocycles. The fourth-order valence-corrected chi connectivity index (χ4v) is 4.28. The number of alkyl carbamates (subject to hydrolysis) is 1. The molecule has 1 aromatic rings. The Labute approximate surface area is 264 Å². The standard InChI is InChI=1S/C29H39N3O14/c1-16(33)30-24-26(45-19(4)36)25(44-18(3)35)22(15-42-17(2)34)46-27(24)32-23(37)13-21(28(38)41-12-11-40-5)31-29(39)43-14-20-9-7-6-8-10-20/h6-10,21-22,24-27H,11-15H2,1-5H3,(H,30,33)(H,31,39)(H,32,37)/t21-,22+,24+,25+,26+,27+/m0/s1. The Morgan fingerprint density at radius 3 is 2.04 bits per heavy atom. The molecule has 0 spiro atoms. The van der Waals surface area contributed by atoms with Crippen molar-refractivity contribution >= 4 is 41.8 Å². The fraction of sp³-hybridized carbons (Fsp3) is 0.552. The van der Waals surface area contributed by atoms with E-state index in [9.17, 15) is 33.6 Å². The Balaban J connectivity index is 2.30. The molecule has 6 atom stereocenters. The number of hydrogen-bond donors (Lipinski definition) is 3. The molecule has 0 aromatic heterocycles. The van der Waals surface area contributed by atoms with Gasteiger partial charge in [-0.15, -0.1) is 0 Å². The van der Waals surface area contributed by atoms with Gasteiger partial charge in [0.05, 0.1) is 13.0 Å². The van der Waals surface area contributed by atoms with Gasteiger partial charge in [0.15, 0.2) is 18.4 Å². The van der Waals surface area contributed by atoms with Crippen LogP contribution in [-0.2, 0) is 68.5 Å². The Hall–Kier alpha value is -4.77. The lowest BCUT2D eigenvalue weighted by molar-refractivity contribution is -0.228. The van der Waals surface area contributed by atoms with Crippen LogP contribution in [0.4, 0.5) is 4.79 Å². The summed E-state index contributed by atoms with van der Waals surface area (Å²) in [4.78, 5) is 86.3. The highest BCUT2D eigenvalue weighted by Crippen LogP contribution is 2.26. The van der Waals surface area contributed by atoms with Crippen molar-refractivity contribution in [1.82, 2.24) is 16.0 Å². The molecule has 1 heterocycles. The molecule has 1 aliphatic rings. The number of amides is 3. The SMILES string of the molecule is COCCOC(=O)[C@H](CC(=O)N[C@@H]1O[C@H](COC(C)=O)[C@@H](OC(C)=O)[C@H](OC(C)=O)[C@H]1NC(C)=O)NC(=O)OCc1ccccc1. The lowest BCUT2D eigenvalue weighted by atomic mass is 9.95. The van der Waals surface area contributed by atoms with Crippen molar-refractivity contribution in [1.29, 1.82) is 0 Å². The number of carbonyl (C=O) groups excluding carboxylic acids is 7. The highest BCUT2D eigenvalue weighted by atomic mass is 16.6. The van der Waals surface area contributed by atoms with Crippen molar-refractivity contribution in [3.8, 4) is 0 Å². The smallest absolute Gasteiger partial charge is 0.408 e. The van der Waals surface area contributed by atoms with Gasteiger partial charge in [-0.05, 0) is 5.56 Å². The zero-order valence-electron chi connectivity index (χ0n) is 26.1. The van der Waals surface area contributed by atoms with Crippen molar-refractivity contribution in [2.75, 3.05) is 26.9 Å². The van der Waals surface area contributed by atoms with Crippen molar-refractivity contribution < 1.29 is 66.7 Å². The van der Waals surface area contributed by atoms with E-state index in [2.05, 4.69) is 16.0 Å². The van der Waals surface area contributed by atoms with Gasteiger partial charge in [-0.25, -0.2) is 9.59 Å². The molecule has 3 amide bonds. The van der Waals surface area contributed by atoms with Crippen LogP contribution >= 0.6 is 0 Å². The maximum Gasteiger partial charge on any atom is 0.408 e. The normalized spacial score (nSPS) is 21.0. The average molecular weight is 654 g/mol. The lowest BCUT2D eigenvalue weighted by Gasteiger charge is -2.45. The minimum absolute atomic E-state index is 0.0438. The van der Waals surface area contributed by atoms with Crippen LogP contribution in [0.2, 0.25) is 0 Å². The molecule has 1 fully saturated rings. The first-order chi connectivity index (χ1) is 21.8. The van der Waals surface area contributed by atoms with Gasteiger partial charge >= 0.3 is 30.0 Å². The highest BCUT2D eigenvalue weighted by molar-refractivity contribution is 5.88. The largest absolute Gasteiger partial charge is 0.463 e. The molecule has 1 saturated heterocycles. The summed E-state index contributed by atoms with van der Waals surface area (Å²) in [5.74, 6) is -4.84. The van der Waals surface area contributed by atoms with Crippen LogP contribution < -0.4 is 16.0 Å². The minimum atomic E-state index is -1.54. The maximum atomic E-state index is 13.3. The third kappa shape index (κ3) is 13.1. The second-order valence-electron chi connectivity index (χ2n) is 9.96. The van der Waals surface area contributed by atoms with E-state index in [0.29, 0.717) is 5.56 Å². The van der Waals surface area contributed by atoms with Crippen LogP contribution in [0.25, 0.3) is 0 Å². The Morgan fingerprint density at radius 2 is 1.46 bits per heavy atom. The van der Waals surface area contributed by atoms with E-state index in [0.717, 1.165) is 27.7 Å². The van der Waals surface area contributed by atoms with Crippen molar-refractivity contribution in [3.05, 3.63) is 35.9 Å². The van der Waals surface area contributed by atoms with Gasteiger partial charge < -0.3 is 49.1 Å². The van der Waals surface area contributed by atoms with Crippen LogP contribution in [0, 0.1) is 0 Å². The first-order valence-electron chi connectivity index (χ1n) is 14.1. The van der Waals surface area contributed by atoms with Gasteiger partial charge in [0.1, 0.15) is 38.0 Å². The van der Waals surface area contributed by atoms with E-state index in [-0.39, 0.29) is 19.8 Å². The summed E-state index contributed by atoms with van der Waals surface area (Å²) < 4.78 is 36.8. The number of methoxy groups -OCH3 is 1. The van der Waals surface area contributed by atoms with Gasteiger partial charge in [0, 0.05) is 34.8 Å². The zero-order valence-corrected chi connectivity index (χ0v) is 26.1. The predicted octanol–water partition coefficient (Wildman–Crippen LogP) is -0.367. The van der Waals surface area contributed by atoms with Gasteiger partial charge in [0.25, 0.3) is 0 Å². The molecule has 1 aliphatic heterocycles. The molecule has 0 unspecified atom stereocenters. The summed E-state index contributed by atoms with van der Waals surface area (Å²) in [6, 6.07) is 5.83. The second-order valence-corrected chi connectivity index (χ2v) is 9.96. The number of rotatable bonds is 15. The van der Waals surface area contributed by atoms with Gasteiger partial charge in [-0.3, -0.25) is 24.0 Å². The third-order valence-corrected chi connectivity index (χ3v) is 6.13. The number of nitrogens with one attached hydrogen (secondary N) is 3. The molecule has 46 heavy (non-hydrogen) atoms. The molecular formula is C29H39N3O14. The van der Waals surface area contributed by atoms with E-state index in [4.69, 9.17) is 33.2 Å². The fourth-order valence-electron chi connectivity index (χ4n) is 4.28. The summed E-state index contributed by atoms with van der Waals surface area (Å²) in [7, 11) is 1.39. The first-order valence-corrected chi connectivity index (χ1v) is 14.1. The quantitative estimate of drug-likeness (QED) is 0.125. The maximum absolute atomic E-state index is 13.3. The minimum Gasteiger partial charge on any atom is -0.463 e. The average Bonchev–Trinajstić information content (AvgIpc) is 2.97. The molecule has 17 heteroatoms. The second kappa shape index (κ2) is 18.9. The third-order valence-electron chi connectivity index (χ3n) is 6.13. The number of ether oxygens (including phenoxy) is 7. The van der Waals surface area contributed by atoms with E-state index in [1.54, 1.807) is 30.3 Å². The molecular weight excluding hydrogens is 614 g/mol. The molecule has 0 bridgehead atoms. The molecule has 3 N–H and O–H groups in total. The van der Waals surface area contributed by atoms with E-state index < -0.39 is 91.4 Å². The molecule has 254 valence electrons. The zero-order chi connectivity index (χ0) is 34.2. The topological polar surface area (TPSA) is 220 Å². The lowest BCUT2D eigenvalue weighted by Crippen LogP contribution is -2.69. The van der Waals surface area contributed by atoms with Gasteiger partial charge in [0.2, 0.25) is 11.8 Å². The van der Waals surface area contributed by atoms with E-state index in [1.807, 2.05) is 0 Å². The summed E-state index contributed by atoms with van der Waals surface area (Å²) in [5, 5.41) is 7.28. The Bertz CT molecular complexity index is 1230. The Kier molecular flexibility index (Phi) is 15.4. The van der Waals surface area contributed by atoms with Crippen molar-refractivity contribution in [2.45, 2.75) is 77.3 Å². The molecule has 1 aromatic carbocycles.